The standard InChI is InChI=1S/C22H19N3O2/c26-22(24-15-9-10-15)18-12-21(25-19-7-3-2-6-17(18)19)23-13-16-11-14-5-1-4-8-20(14)27-16/h1-8,11-12,15H,9-10,13H2,(H,23,25)(H,24,26). The van der Waals surface area contributed by atoms with Crippen molar-refractivity contribution in [3.63, 3.8) is 0 Å². The third kappa shape index (κ3) is 3.24. The molecular formula is C22H19N3O2. The van der Waals surface area contributed by atoms with Gasteiger partial charge in [-0.25, -0.2) is 4.98 Å². The maximum Gasteiger partial charge on any atom is 0.252 e. The number of furan rings is 1. The van der Waals surface area contributed by atoms with E-state index in [2.05, 4.69) is 15.6 Å². The third-order valence-corrected chi connectivity index (χ3v) is 4.79. The van der Waals surface area contributed by atoms with E-state index >= 15 is 0 Å². The van der Waals surface area contributed by atoms with Gasteiger partial charge in [0.1, 0.15) is 17.2 Å². The lowest BCUT2D eigenvalue weighted by Crippen LogP contribution is -2.25. The Labute approximate surface area is 156 Å². The molecular weight excluding hydrogens is 338 g/mol. The first-order valence-electron chi connectivity index (χ1n) is 9.18. The fourth-order valence-electron chi connectivity index (χ4n) is 3.25. The largest absolute Gasteiger partial charge is 0.459 e. The number of nitrogens with one attached hydrogen (secondary N) is 2. The Morgan fingerprint density at radius 1 is 1.07 bits per heavy atom. The van der Waals surface area contributed by atoms with E-state index in [1.165, 1.54) is 0 Å². The number of rotatable bonds is 5. The summed E-state index contributed by atoms with van der Waals surface area (Å²) in [5.41, 5.74) is 2.32. The number of hydrogen-bond acceptors (Lipinski definition) is 4. The van der Waals surface area contributed by atoms with Crippen molar-refractivity contribution < 1.29 is 9.21 Å². The minimum Gasteiger partial charge on any atom is -0.459 e. The summed E-state index contributed by atoms with van der Waals surface area (Å²) in [5.74, 6) is 1.45. The summed E-state index contributed by atoms with van der Waals surface area (Å²) < 4.78 is 5.85. The van der Waals surface area contributed by atoms with Crippen molar-refractivity contribution in [1.29, 1.82) is 0 Å². The Hall–Kier alpha value is -3.34. The molecule has 2 N–H and O–H groups in total. The van der Waals surface area contributed by atoms with Crippen molar-refractivity contribution >= 4 is 33.6 Å². The second kappa shape index (κ2) is 6.43. The second-order valence-corrected chi connectivity index (χ2v) is 6.92. The van der Waals surface area contributed by atoms with Gasteiger partial charge < -0.3 is 15.1 Å². The monoisotopic (exact) mass is 357 g/mol. The van der Waals surface area contributed by atoms with E-state index in [-0.39, 0.29) is 5.91 Å². The van der Waals surface area contributed by atoms with Crippen molar-refractivity contribution in [2.24, 2.45) is 0 Å². The molecule has 5 nitrogen and oxygen atoms in total. The van der Waals surface area contributed by atoms with Gasteiger partial charge in [0.05, 0.1) is 17.6 Å². The van der Waals surface area contributed by atoms with Gasteiger partial charge in [0, 0.05) is 16.8 Å². The summed E-state index contributed by atoms with van der Waals surface area (Å²) in [4.78, 5) is 17.3. The van der Waals surface area contributed by atoms with Crippen molar-refractivity contribution in [1.82, 2.24) is 10.3 Å². The Bertz CT molecular complexity index is 1110. The van der Waals surface area contributed by atoms with Crippen molar-refractivity contribution in [3.05, 3.63) is 72.0 Å². The fraction of sp³-hybridized carbons (Fsp3) is 0.182. The van der Waals surface area contributed by atoms with Gasteiger partial charge in [0.15, 0.2) is 0 Å². The number of anilines is 1. The first-order valence-corrected chi connectivity index (χ1v) is 9.18. The highest BCUT2D eigenvalue weighted by Crippen LogP contribution is 2.25. The average molecular weight is 357 g/mol. The van der Waals surface area contributed by atoms with Crippen LogP contribution in [-0.4, -0.2) is 16.9 Å². The molecule has 5 rings (SSSR count). The third-order valence-electron chi connectivity index (χ3n) is 4.79. The second-order valence-electron chi connectivity index (χ2n) is 6.92. The van der Waals surface area contributed by atoms with Crippen LogP contribution in [0.2, 0.25) is 0 Å². The number of nitrogens with zero attached hydrogens (tertiary/aromatic N) is 1. The molecule has 0 unspecified atom stereocenters. The normalized spacial score (nSPS) is 13.8. The van der Waals surface area contributed by atoms with Gasteiger partial charge in [-0.1, -0.05) is 36.4 Å². The van der Waals surface area contributed by atoms with Gasteiger partial charge in [-0.15, -0.1) is 0 Å². The van der Waals surface area contributed by atoms with E-state index in [4.69, 9.17) is 4.42 Å². The molecule has 1 saturated carbocycles. The summed E-state index contributed by atoms with van der Waals surface area (Å²) in [6.07, 6.45) is 2.12. The van der Waals surface area contributed by atoms with Gasteiger partial charge in [-0.05, 0) is 37.1 Å². The molecule has 0 aliphatic heterocycles. The molecule has 0 saturated heterocycles. The van der Waals surface area contributed by atoms with Crippen LogP contribution >= 0.6 is 0 Å². The molecule has 1 amide bonds. The number of hydrogen-bond donors (Lipinski definition) is 2. The van der Waals surface area contributed by atoms with E-state index in [0.717, 1.165) is 40.5 Å². The molecule has 1 fully saturated rings. The van der Waals surface area contributed by atoms with Crippen LogP contribution in [0.15, 0.2) is 65.1 Å². The van der Waals surface area contributed by atoms with Gasteiger partial charge in [-0.3, -0.25) is 4.79 Å². The van der Waals surface area contributed by atoms with Crippen LogP contribution in [0.5, 0.6) is 0 Å². The Morgan fingerprint density at radius 3 is 2.74 bits per heavy atom. The zero-order valence-electron chi connectivity index (χ0n) is 14.7. The first-order chi connectivity index (χ1) is 13.3. The molecule has 2 aromatic carbocycles. The van der Waals surface area contributed by atoms with Crippen LogP contribution < -0.4 is 10.6 Å². The predicted octanol–water partition coefficient (Wildman–Crippen LogP) is 4.49. The molecule has 0 spiro atoms. The van der Waals surface area contributed by atoms with E-state index in [0.29, 0.717) is 24.0 Å². The molecule has 0 bridgehead atoms. The average Bonchev–Trinajstić information content (AvgIpc) is 3.41. The summed E-state index contributed by atoms with van der Waals surface area (Å²) in [5, 5.41) is 8.30. The smallest absolute Gasteiger partial charge is 0.252 e. The number of fused-ring (bicyclic) bond motifs is 2. The van der Waals surface area contributed by atoms with Gasteiger partial charge in [0.2, 0.25) is 0 Å². The zero-order valence-corrected chi connectivity index (χ0v) is 14.7. The molecule has 2 heterocycles. The minimum atomic E-state index is -0.0390. The lowest BCUT2D eigenvalue weighted by Gasteiger charge is -2.11. The van der Waals surface area contributed by atoms with Crippen molar-refractivity contribution in [2.45, 2.75) is 25.4 Å². The number of para-hydroxylation sites is 2. The number of aromatic nitrogens is 1. The number of benzene rings is 2. The molecule has 2 aromatic heterocycles. The number of carbonyl (C=O) groups excluding carboxylic acids is 1. The Kier molecular flexibility index (Phi) is 3.78. The summed E-state index contributed by atoms with van der Waals surface area (Å²) in [6.45, 7) is 0.504. The highest BCUT2D eigenvalue weighted by molar-refractivity contribution is 6.07. The quantitative estimate of drug-likeness (QED) is 0.552. The maximum atomic E-state index is 12.7. The van der Waals surface area contributed by atoms with Crippen LogP contribution in [0.25, 0.3) is 21.9 Å². The molecule has 27 heavy (non-hydrogen) atoms. The van der Waals surface area contributed by atoms with Gasteiger partial charge >= 0.3 is 0 Å². The molecule has 0 radical (unpaired) electrons. The lowest BCUT2D eigenvalue weighted by molar-refractivity contribution is 0.0952. The van der Waals surface area contributed by atoms with Crippen LogP contribution in [0.4, 0.5) is 5.82 Å². The van der Waals surface area contributed by atoms with E-state index < -0.39 is 0 Å². The summed E-state index contributed by atoms with van der Waals surface area (Å²) in [7, 11) is 0. The number of pyridine rings is 1. The number of amides is 1. The molecule has 134 valence electrons. The molecule has 1 aliphatic carbocycles. The number of carbonyl (C=O) groups is 1. The summed E-state index contributed by atoms with van der Waals surface area (Å²) in [6, 6.07) is 19.8. The maximum absolute atomic E-state index is 12.7. The van der Waals surface area contributed by atoms with Gasteiger partial charge in [-0.2, -0.15) is 0 Å². The highest BCUT2D eigenvalue weighted by Gasteiger charge is 2.25. The van der Waals surface area contributed by atoms with Crippen molar-refractivity contribution in [3.8, 4) is 0 Å². The predicted molar refractivity (Wildman–Crippen MR) is 106 cm³/mol. The van der Waals surface area contributed by atoms with Gasteiger partial charge in [0.25, 0.3) is 5.91 Å². The molecule has 4 aromatic rings. The van der Waals surface area contributed by atoms with Crippen LogP contribution in [0, 0.1) is 0 Å². The van der Waals surface area contributed by atoms with Crippen LogP contribution in [0.3, 0.4) is 0 Å². The van der Waals surface area contributed by atoms with Crippen LogP contribution in [-0.2, 0) is 6.54 Å². The Morgan fingerprint density at radius 2 is 1.89 bits per heavy atom. The zero-order chi connectivity index (χ0) is 18.2. The minimum absolute atomic E-state index is 0.0390. The van der Waals surface area contributed by atoms with Crippen LogP contribution in [0.1, 0.15) is 29.0 Å². The molecule has 1 aliphatic rings. The topological polar surface area (TPSA) is 67.2 Å². The Balaban J connectivity index is 1.44. The fourth-order valence-corrected chi connectivity index (χ4v) is 3.25. The van der Waals surface area contributed by atoms with E-state index in [9.17, 15) is 4.79 Å². The van der Waals surface area contributed by atoms with E-state index in [1.54, 1.807) is 0 Å². The highest BCUT2D eigenvalue weighted by atomic mass is 16.3. The molecule has 0 atom stereocenters. The first kappa shape index (κ1) is 15.9. The van der Waals surface area contributed by atoms with E-state index in [1.807, 2.05) is 60.7 Å². The summed E-state index contributed by atoms with van der Waals surface area (Å²) >= 11 is 0. The molecule has 5 heteroatoms. The SMILES string of the molecule is O=C(NC1CC1)c1cc(NCc2cc3ccccc3o2)nc2ccccc12. The lowest BCUT2D eigenvalue weighted by atomic mass is 10.1. The van der Waals surface area contributed by atoms with Crippen molar-refractivity contribution in [2.75, 3.05) is 5.32 Å².